The molecule has 6 unspecified atom stereocenters. The summed E-state index contributed by atoms with van der Waals surface area (Å²) in [4.78, 5) is 39.7. The predicted octanol–water partition coefficient (Wildman–Crippen LogP) is 27.7. The summed E-state index contributed by atoms with van der Waals surface area (Å²) in [7, 11) is -1.78. The van der Waals surface area contributed by atoms with Gasteiger partial charge in [0.05, 0.1) is 0 Å². The van der Waals surface area contributed by atoms with Gasteiger partial charge in [-0.05, 0) is 207 Å². The molecule has 4 nitrogen and oxygen atoms in total. The van der Waals surface area contributed by atoms with E-state index < -0.39 is 71.2 Å². The number of carbonyl (C=O) groups is 2. The van der Waals surface area contributed by atoms with E-state index in [2.05, 4.69) is 498 Å². The minimum atomic E-state index is -0.543. The largest absolute Gasteiger partial charge is 0.0622 e. The van der Waals surface area contributed by atoms with E-state index in [0.29, 0.717) is 35.5 Å². The first-order valence-corrected chi connectivity index (χ1v) is 67.6. The fraction of sp³-hybridized carbons (Fsp3) is 0.271. The Morgan fingerprint density at radius 1 is 0.271 bits per heavy atom. The number of amides is 2. The molecule has 0 spiro atoms. The smallest absolute Gasteiger partial charge is 0 e. The molecule has 2 saturated carbocycles. The van der Waals surface area contributed by atoms with Crippen molar-refractivity contribution in [3.8, 4) is 0 Å². The fourth-order valence-electron chi connectivity index (χ4n) is 16.1. The monoisotopic (exact) mass is 2090 g/mol. The summed E-state index contributed by atoms with van der Waals surface area (Å²) in [6, 6.07) is 142. The first-order valence-electron chi connectivity index (χ1n) is 45.1. The van der Waals surface area contributed by atoms with Crippen LogP contribution in [-0.2, 0) is 30.0 Å². The van der Waals surface area contributed by atoms with Crippen LogP contribution in [0.5, 0.6) is 0 Å². The van der Waals surface area contributed by atoms with Gasteiger partial charge in [0, 0.05) is 43.6 Å². The zero-order valence-electron chi connectivity index (χ0n) is 77.9. The van der Waals surface area contributed by atoms with Crippen LogP contribution in [0, 0.1) is 75.0 Å². The Kier molecular flexibility index (Phi) is 51.2. The van der Waals surface area contributed by atoms with Gasteiger partial charge in [0.15, 0.2) is 0 Å². The van der Waals surface area contributed by atoms with Gasteiger partial charge in [-0.1, -0.05) is 469 Å². The average Bonchev–Trinajstić information content (AvgIpc) is 0.820. The molecule has 2 aliphatic carbocycles. The summed E-state index contributed by atoms with van der Waals surface area (Å²) in [5, 5.41) is 23.1. The molecule has 129 heavy (non-hydrogen) atoms. The number of rotatable bonds is 18. The van der Waals surface area contributed by atoms with Gasteiger partial charge in [0.25, 0.3) is 0 Å². The minimum absolute atomic E-state index is 0. The van der Waals surface area contributed by atoms with E-state index in [0.717, 1.165) is 35.3 Å². The van der Waals surface area contributed by atoms with Crippen molar-refractivity contribution in [2.24, 2.45) is 47.3 Å². The van der Waals surface area contributed by atoms with E-state index in [1.165, 1.54) is 100 Å². The van der Waals surface area contributed by atoms with Crippen molar-refractivity contribution in [3.05, 3.63) is 423 Å². The Bertz CT molecular complexity index is 4380. The number of benzene rings is 14. The molecule has 0 heterocycles. The second-order valence-electron chi connectivity index (χ2n) is 34.8. The van der Waals surface area contributed by atoms with E-state index in [1.807, 2.05) is 12.1 Å². The molecule has 2 N–H and O–H groups in total. The van der Waals surface area contributed by atoms with Crippen LogP contribution in [0.3, 0.4) is 0 Å². The van der Waals surface area contributed by atoms with Gasteiger partial charge in [0.2, 0.25) is 11.8 Å². The topological polar surface area (TPSA) is 58.2 Å². The van der Waals surface area contributed by atoms with E-state index in [-0.39, 0.29) is 58.9 Å². The van der Waals surface area contributed by atoms with Crippen LogP contribution < -0.4 is 74.3 Å². The number of carbonyl (C=O) groups excluding carboxylic acids is 2. The zero-order valence-corrected chi connectivity index (χ0v) is 88.7. The van der Waals surface area contributed by atoms with Gasteiger partial charge < -0.3 is 10.6 Å². The van der Waals surface area contributed by atoms with Crippen molar-refractivity contribution in [1.82, 2.24) is 0 Å². The summed E-state index contributed by atoms with van der Waals surface area (Å²) < 4.78 is 0. The maximum atomic E-state index is 12.8. The molecule has 676 valence electrons. The Hall–Kier alpha value is -8.00. The number of nitrogens with one attached hydrogen (secondary N) is 2. The molecule has 14 aromatic rings. The second-order valence-corrected chi connectivity index (χ2v) is 60.9. The van der Waals surface area contributed by atoms with E-state index >= 15 is 0 Å². The van der Waals surface area contributed by atoms with Gasteiger partial charge in [-0.3, -0.25) is 9.59 Å². The molecule has 14 aromatic carbocycles. The van der Waals surface area contributed by atoms with Crippen LogP contribution in [0.1, 0.15) is 117 Å². The van der Waals surface area contributed by atoms with Crippen LogP contribution in [0.25, 0.3) is 0 Å². The number of aryl methyl sites for hydroxylation is 4. The number of hydrogen-bond donors (Lipinski definition) is 2. The predicted molar refractivity (Wildman–Crippen MR) is 580 cm³/mol. The summed E-state index contributed by atoms with van der Waals surface area (Å²) in [5.74, 6) is 4.27. The van der Waals surface area contributed by atoms with Gasteiger partial charge in [-0.15, -0.1) is 0 Å². The molecule has 2 aliphatic rings. The molecule has 11 heteroatoms. The van der Waals surface area contributed by atoms with Crippen LogP contribution in [0.15, 0.2) is 400 Å². The third-order valence-corrected chi connectivity index (χ3v) is 31.9. The first-order chi connectivity index (χ1) is 61.0. The van der Waals surface area contributed by atoms with Gasteiger partial charge >= 0.3 is 69.2 Å². The third kappa shape index (κ3) is 37.2. The van der Waals surface area contributed by atoms with Crippen molar-refractivity contribution in [2.45, 2.75) is 152 Å². The van der Waals surface area contributed by atoms with Gasteiger partial charge in [-0.2, -0.15) is 0 Å². The molecule has 2 fully saturated rings. The second kappa shape index (κ2) is 60.2. The normalized spacial score (nSPS) is 15.2. The van der Waals surface area contributed by atoms with Crippen LogP contribution in [0.4, 0.5) is 11.4 Å². The van der Waals surface area contributed by atoms with E-state index in [1.54, 1.807) is 0 Å². The Labute approximate surface area is 813 Å². The molecule has 0 bridgehead atoms. The van der Waals surface area contributed by atoms with Crippen molar-refractivity contribution < 1.29 is 30.0 Å². The van der Waals surface area contributed by atoms with Crippen LogP contribution in [0.2, 0.25) is 29.6 Å². The Morgan fingerprint density at radius 2 is 0.426 bits per heavy atom. The van der Waals surface area contributed by atoms with Crippen LogP contribution in [-0.4, -0.2) is 51.3 Å². The quantitative estimate of drug-likeness (QED) is 0.0664. The number of hydrogen-bond acceptors (Lipinski definition) is 2. The van der Waals surface area contributed by atoms with Gasteiger partial charge in [-0.25, -0.2) is 0 Å². The molecule has 0 saturated heterocycles. The molecule has 2 radical (unpaired) electrons. The summed E-state index contributed by atoms with van der Waals surface area (Å²) in [6.07, 6.45) is 6.94. The van der Waals surface area contributed by atoms with Crippen molar-refractivity contribution in [2.75, 3.05) is 10.6 Å². The molecule has 16 rings (SSSR count). The Balaban J connectivity index is 0.000000233. The maximum absolute atomic E-state index is 12.8. The van der Waals surface area contributed by atoms with E-state index in [4.69, 9.17) is 0 Å². The molecular formula is C118H144N2O2P4PdSn2. The Morgan fingerprint density at radius 3 is 0.566 bits per heavy atom. The summed E-state index contributed by atoms with van der Waals surface area (Å²) in [5.41, 5.74) is 6.69. The average molecular weight is 2090 g/mol. The first kappa shape index (κ1) is 110. The van der Waals surface area contributed by atoms with Crippen LogP contribution >= 0.6 is 31.7 Å². The number of anilines is 2. The SMILES string of the molecule is C.C.Cc1ccc(NC(=O)C2CC(C)CCC2C(C)C)c(C)c1.Cc1ccc(NC(=O)C2CC(C)CCC2C(C)C)c(C)c1.[CH3][Sn]([CH3])[CH3].[CH3][Sn]([CH3])[CH3].[Pd].c1ccc(P(c2ccccc2)c2ccccc2)cc1.c1ccc(P(c2ccccc2)c2ccccc2)cc1.c1ccc(P(c2ccccc2)c2ccccc2)cc1.c1ccc(P(c2ccccc2)c2ccccc2)cc1. The van der Waals surface area contributed by atoms with E-state index in [9.17, 15) is 9.59 Å². The summed E-state index contributed by atoms with van der Waals surface area (Å²) in [6.45, 7) is 21.8. The van der Waals surface area contributed by atoms with Crippen molar-refractivity contribution in [3.63, 3.8) is 0 Å². The zero-order chi connectivity index (χ0) is 90.0. The maximum Gasteiger partial charge on any atom is 0 e. The molecule has 6 atom stereocenters. The minimum Gasteiger partial charge on any atom is -0.0622 e. The van der Waals surface area contributed by atoms with Gasteiger partial charge in [0.1, 0.15) is 0 Å². The molecule has 0 aromatic heterocycles. The molecule has 0 aliphatic heterocycles. The van der Waals surface area contributed by atoms with Crippen molar-refractivity contribution in [1.29, 1.82) is 0 Å². The van der Waals surface area contributed by atoms with Crippen molar-refractivity contribution >= 4 is 158 Å². The summed E-state index contributed by atoms with van der Waals surface area (Å²) >= 11 is -1.09. The fourth-order valence-corrected chi connectivity index (χ4v) is 25.3. The third-order valence-electron chi connectivity index (χ3n) is 22.2. The molecular weight excluding hydrogens is 1950 g/mol. The standard InChI is InChI=1S/2C19H29NO.4C18H15P.2CH4.6CH3.Pd.2Sn/c2*1-12(2)16-8-6-14(4)11-17(16)19(21)20-18-9-7-13(3)10-15(18)5;4*1-4-10-16(11-5-1)19(17-12-6-2-7-13-17)18-14-8-3-9-15-18;;;;;;;;;;;/h2*7,9-10,12,14,16-17H,6,8,11H2,1-5H3,(H,20,21);4*1-15H;2*1H4;6*1H3;;;. The molecule has 2 amide bonds.